The largest absolute Gasteiger partial charge is 0.349 e. The van der Waals surface area contributed by atoms with Gasteiger partial charge in [0.1, 0.15) is 12.6 Å². The van der Waals surface area contributed by atoms with E-state index in [1.54, 1.807) is 0 Å². The number of rotatable bonds is 0. The van der Waals surface area contributed by atoms with E-state index in [4.69, 9.17) is 0 Å². The van der Waals surface area contributed by atoms with Crippen molar-refractivity contribution >= 4 is 32.8 Å². The summed E-state index contributed by atoms with van der Waals surface area (Å²) < 4.78 is 2.29. The summed E-state index contributed by atoms with van der Waals surface area (Å²) in [4.78, 5) is 3.56. The van der Waals surface area contributed by atoms with Gasteiger partial charge < -0.3 is 4.98 Å². The first-order valence-electron chi connectivity index (χ1n) is 6.55. The fourth-order valence-electron chi connectivity index (χ4n) is 3.09. The molecule has 0 unspecified atom stereocenters. The topological polar surface area (TPSA) is 19.7 Å². The number of nitrogens with one attached hydrogen (secondary N) is 1. The Balaban J connectivity index is 2.39. The minimum Gasteiger partial charge on any atom is -0.349 e. The highest BCUT2D eigenvalue weighted by Crippen LogP contribution is 2.28. The van der Waals surface area contributed by atoms with Crippen LogP contribution in [0.1, 0.15) is 5.56 Å². The lowest BCUT2D eigenvalue weighted by atomic mass is 10.1. The Morgan fingerprint density at radius 1 is 0.895 bits per heavy atom. The summed E-state index contributed by atoms with van der Waals surface area (Å²) in [6.45, 7) is 2.19. The third-order valence-corrected chi connectivity index (χ3v) is 4.06. The van der Waals surface area contributed by atoms with Crippen molar-refractivity contribution in [2.45, 2.75) is 6.92 Å². The molecular formula is C17H15N2+. The van der Waals surface area contributed by atoms with Crippen LogP contribution in [0.15, 0.2) is 48.5 Å². The molecule has 0 saturated heterocycles. The average Bonchev–Trinajstić information content (AvgIpc) is 2.84. The molecule has 92 valence electrons. The summed E-state index contributed by atoms with van der Waals surface area (Å²) in [6, 6.07) is 17.1. The summed E-state index contributed by atoms with van der Waals surface area (Å²) in [6.07, 6.45) is 0. The Bertz CT molecular complexity index is 932. The van der Waals surface area contributed by atoms with Crippen LogP contribution < -0.4 is 4.57 Å². The number of benzene rings is 2. The van der Waals surface area contributed by atoms with Crippen LogP contribution in [0.2, 0.25) is 0 Å². The van der Waals surface area contributed by atoms with Crippen LogP contribution in [0.3, 0.4) is 0 Å². The fourth-order valence-corrected chi connectivity index (χ4v) is 3.09. The molecule has 2 heteroatoms. The van der Waals surface area contributed by atoms with Gasteiger partial charge in [0.2, 0.25) is 11.0 Å². The van der Waals surface area contributed by atoms with Gasteiger partial charge in [-0.15, -0.1) is 0 Å². The lowest BCUT2D eigenvalue weighted by molar-refractivity contribution is -0.616. The van der Waals surface area contributed by atoms with Gasteiger partial charge in [-0.3, -0.25) is 0 Å². The first kappa shape index (κ1) is 10.6. The Hall–Kier alpha value is -2.35. The molecule has 2 heterocycles. The molecule has 1 N–H and O–H groups in total. The molecule has 4 aromatic rings. The second kappa shape index (κ2) is 3.58. The van der Waals surface area contributed by atoms with Gasteiger partial charge in [0.25, 0.3) is 0 Å². The molecule has 0 aliphatic rings. The van der Waals surface area contributed by atoms with Gasteiger partial charge in [0.15, 0.2) is 0 Å². The van der Waals surface area contributed by atoms with Crippen LogP contribution in [-0.2, 0) is 7.05 Å². The average molecular weight is 247 g/mol. The van der Waals surface area contributed by atoms with E-state index in [9.17, 15) is 0 Å². The van der Waals surface area contributed by atoms with Gasteiger partial charge in [-0.25, -0.2) is 0 Å². The Kier molecular flexibility index (Phi) is 1.99. The molecule has 0 aliphatic heterocycles. The van der Waals surface area contributed by atoms with E-state index in [1.807, 2.05) is 0 Å². The van der Waals surface area contributed by atoms with Crippen LogP contribution in [0.4, 0.5) is 0 Å². The van der Waals surface area contributed by atoms with Crippen LogP contribution in [0.5, 0.6) is 0 Å². The smallest absolute Gasteiger partial charge is 0.238 e. The number of aryl methyl sites for hydroxylation is 2. The molecule has 0 bridgehead atoms. The number of para-hydroxylation sites is 2. The van der Waals surface area contributed by atoms with Gasteiger partial charge in [0.05, 0.1) is 16.3 Å². The number of aromatic amines is 1. The monoisotopic (exact) mass is 247 g/mol. The van der Waals surface area contributed by atoms with Gasteiger partial charge >= 0.3 is 0 Å². The maximum Gasteiger partial charge on any atom is 0.238 e. The lowest BCUT2D eigenvalue weighted by Gasteiger charge is -2.02. The number of hydrogen-bond donors (Lipinski definition) is 1. The molecule has 0 spiro atoms. The minimum atomic E-state index is 1.20. The van der Waals surface area contributed by atoms with Crippen molar-refractivity contribution < 1.29 is 4.57 Å². The summed E-state index contributed by atoms with van der Waals surface area (Å²) in [5.41, 5.74) is 6.32. The number of nitrogens with zero attached hydrogens (tertiary/aromatic N) is 1. The van der Waals surface area contributed by atoms with E-state index < -0.39 is 0 Å². The second-order valence-corrected chi connectivity index (χ2v) is 5.10. The molecule has 2 aromatic heterocycles. The maximum absolute atomic E-state index is 3.56. The van der Waals surface area contributed by atoms with Crippen molar-refractivity contribution in [1.82, 2.24) is 4.98 Å². The molecular weight excluding hydrogens is 232 g/mol. The van der Waals surface area contributed by atoms with Gasteiger partial charge in [-0.05, 0) is 30.7 Å². The van der Waals surface area contributed by atoms with Crippen LogP contribution in [0.25, 0.3) is 32.8 Å². The Labute approximate surface area is 111 Å². The normalized spacial score (nSPS) is 11.7. The molecule has 0 radical (unpaired) electrons. The molecule has 4 rings (SSSR count). The van der Waals surface area contributed by atoms with Gasteiger partial charge in [0, 0.05) is 6.07 Å². The molecule has 19 heavy (non-hydrogen) atoms. The highest BCUT2D eigenvalue weighted by Gasteiger charge is 2.19. The number of hydrogen-bond acceptors (Lipinski definition) is 0. The number of aromatic nitrogens is 2. The number of H-pyrrole nitrogens is 1. The van der Waals surface area contributed by atoms with E-state index in [1.165, 1.54) is 38.4 Å². The summed E-state index contributed by atoms with van der Waals surface area (Å²) in [5.74, 6) is 0. The van der Waals surface area contributed by atoms with Crippen molar-refractivity contribution in [3.63, 3.8) is 0 Å². The van der Waals surface area contributed by atoms with Crippen molar-refractivity contribution in [2.75, 3.05) is 0 Å². The van der Waals surface area contributed by atoms with E-state index >= 15 is 0 Å². The number of pyridine rings is 1. The van der Waals surface area contributed by atoms with E-state index in [0.717, 1.165) is 0 Å². The molecule has 0 amide bonds. The zero-order valence-electron chi connectivity index (χ0n) is 11.1. The molecule has 2 aromatic carbocycles. The quantitative estimate of drug-likeness (QED) is 0.458. The van der Waals surface area contributed by atoms with E-state index in [-0.39, 0.29) is 0 Å². The third kappa shape index (κ3) is 1.28. The SMILES string of the molecule is Cc1c2ccccc2[n+](C)c2c1[nH]c1ccccc12. The summed E-state index contributed by atoms with van der Waals surface area (Å²) in [5, 5.41) is 2.60. The molecule has 0 aliphatic carbocycles. The van der Waals surface area contributed by atoms with E-state index in [2.05, 4.69) is 72.1 Å². The van der Waals surface area contributed by atoms with Crippen molar-refractivity contribution in [2.24, 2.45) is 7.05 Å². The highest BCUT2D eigenvalue weighted by molar-refractivity contribution is 6.07. The lowest BCUT2D eigenvalue weighted by Crippen LogP contribution is -2.30. The Morgan fingerprint density at radius 2 is 1.58 bits per heavy atom. The van der Waals surface area contributed by atoms with E-state index in [0.29, 0.717) is 0 Å². The van der Waals surface area contributed by atoms with Gasteiger partial charge in [-0.1, -0.05) is 24.3 Å². The van der Waals surface area contributed by atoms with Gasteiger partial charge in [-0.2, -0.15) is 4.57 Å². The Morgan fingerprint density at radius 3 is 2.42 bits per heavy atom. The van der Waals surface area contributed by atoms with Crippen LogP contribution in [-0.4, -0.2) is 4.98 Å². The first-order valence-corrected chi connectivity index (χ1v) is 6.55. The van der Waals surface area contributed by atoms with Crippen LogP contribution in [0, 0.1) is 6.92 Å². The molecule has 0 saturated carbocycles. The molecule has 2 nitrogen and oxygen atoms in total. The summed E-state index contributed by atoms with van der Waals surface area (Å²) in [7, 11) is 2.14. The van der Waals surface area contributed by atoms with Crippen LogP contribution >= 0.6 is 0 Å². The molecule has 0 fully saturated rings. The summed E-state index contributed by atoms with van der Waals surface area (Å²) >= 11 is 0. The minimum absolute atomic E-state index is 1.20. The fraction of sp³-hybridized carbons (Fsp3) is 0.118. The number of fused-ring (bicyclic) bond motifs is 4. The molecule has 0 atom stereocenters. The first-order chi connectivity index (χ1) is 9.27. The standard InChI is InChI=1S/C17H14N2/c1-11-12-7-4-6-10-15(12)19(2)17-13-8-3-5-9-14(13)18-16(11)17/h3-10H,1-2H3/p+1. The van der Waals surface area contributed by atoms with Crippen molar-refractivity contribution in [1.29, 1.82) is 0 Å². The highest BCUT2D eigenvalue weighted by atomic mass is 15.0. The zero-order valence-corrected chi connectivity index (χ0v) is 11.1. The third-order valence-electron chi connectivity index (χ3n) is 4.06. The van der Waals surface area contributed by atoms with Crippen molar-refractivity contribution in [3.05, 3.63) is 54.1 Å². The predicted octanol–water partition coefficient (Wildman–Crippen LogP) is 3.61. The predicted molar refractivity (Wildman–Crippen MR) is 79.2 cm³/mol. The zero-order chi connectivity index (χ0) is 13.0. The van der Waals surface area contributed by atoms with Crippen molar-refractivity contribution in [3.8, 4) is 0 Å². The maximum atomic E-state index is 3.56. The second-order valence-electron chi connectivity index (χ2n) is 5.10.